The van der Waals surface area contributed by atoms with Crippen molar-refractivity contribution < 1.29 is 14.3 Å². The molecule has 2 fully saturated rings. The first-order valence-electron chi connectivity index (χ1n) is 10.9. The van der Waals surface area contributed by atoms with E-state index in [4.69, 9.17) is 16.3 Å². The number of hydrogen-bond acceptors (Lipinski definition) is 4. The van der Waals surface area contributed by atoms with E-state index in [-0.39, 0.29) is 17.4 Å². The van der Waals surface area contributed by atoms with Gasteiger partial charge in [0.2, 0.25) is 5.91 Å². The van der Waals surface area contributed by atoms with E-state index in [9.17, 15) is 9.59 Å². The van der Waals surface area contributed by atoms with Gasteiger partial charge in [-0.15, -0.1) is 0 Å². The van der Waals surface area contributed by atoms with Gasteiger partial charge >= 0.3 is 0 Å². The predicted octanol–water partition coefficient (Wildman–Crippen LogP) is 3.50. The van der Waals surface area contributed by atoms with Crippen LogP contribution in [0.25, 0.3) is 0 Å². The summed E-state index contributed by atoms with van der Waals surface area (Å²) in [6.07, 6.45) is 7.09. The molecule has 4 rings (SSSR count). The molecule has 164 valence electrons. The third kappa shape index (κ3) is 5.43. The van der Waals surface area contributed by atoms with Crippen molar-refractivity contribution >= 4 is 23.4 Å². The number of nitrogens with zero attached hydrogens (tertiary/aromatic N) is 2. The number of nitrogens with one attached hydrogen (secondary N) is 1. The Labute approximate surface area is 187 Å². The minimum atomic E-state index is -0.189. The van der Waals surface area contributed by atoms with Crippen molar-refractivity contribution in [3.05, 3.63) is 64.9 Å². The van der Waals surface area contributed by atoms with Gasteiger partial charge in [-0.3, -0.25) is 14.6 Å². The maximum absolute atomic E-state index is 12.7. The summed E-state index contributed by atoms with van der Waals surface area (Å²) in [4.78, 5) is 30.9. The van der Waals surface area contributed by atoms with Gasteiger partial charge in [0.25, 0.3) is 5.91 Å². The van der Waals surface area contributed by atoms with Crippen LogP contribution in [0.3, 0.4) is 0 Å². The van der Waals surface area contributed by atoms with Gasteiger partial charge in [0.15, 0.2) is 0 Å². The fourth-order valence-electron chi connectivity index (χ4n) is 4.57. The molecular weight excluding hydrogens is 414 g/mol. The summed E-state index contributed by atoms with van der Waals surface area (Å²) in [5.74, 6) is 0.424. The van der Waals surface area contributed by atoms with Gasteiger partial charge in [0, 0.05) is 49.2 Å². The molecule has 1 spiro atoms. The van der Waals surface area contributed by atoms with Gasteiger partial charge in [-0.25, -0.2) is 0 Å². The molecule has 7 heteroatoms. The Morgan fingerprint density at radius 3 is 2.65 bits per heavy atom. The molecule has 1 N–H and O–H groups in total. The average molecular weight is 442 g/mol. The summed E-state index contributed by atoms with van der Waals surface area (Å²) in [7, 11) is 0. The number of carbonyl (C=O) groups is 2. The van der Waals surface area contributed by atoms with Crippen LogP contribution in [0.5, 0.6) is 0 Å². The van der Waals surface area contributed by atoms with E-state index >= 15 is 0 Å². The Balaban J connectivity index is 1.27. The van der Waals surface area contributed by atoms with Crippen LogP contribution < -0.4 is 5.32 Å². The highest BCUT2D eigenvalue weighted by atomic mass is 35.5. The lowest BCUT2D eigenvalue weighted by Gasteiger charge is -2.46. The van der Waals surface area contributed by atoms with E-state index < -0.39 is 0 Å². The Morgan fingerprint density at radius 2 is 1.90 bits per heavy atom. The first-order valence-corrected chi connectivity index (χ1v) is 11.3. The number of aromatic nitrogens is 1. The molecule has 1 aromatic heterocycles. The molecule has 0 bridgehead atoms. The molecule has 2 aliphatic rings. The lowest BCUT2D eigenvalue weighted by molar-refractivity contribution is -0.146. The zero-order chi connectivity index (χ0) is 21.7. The van der Waals surface area contributed by atoms with E-state index in [0.717, 1.165) is 31.2 Å². The SMILES string of the molecule is O=C(NCC1CCOC2(CCN(C(=O)Cc3ccccc3Cl)CC2)C1)c1ccncc1. The third-order valence-electron chi connectivity index (χ3n) is 6.42. The van der Waals surface area contributed by atoms with Crippen LogP contribution in [0.4, 0.5) is 0 Å². The smallest absolute Gasteiger partial charge is 0.251 e. The van der Waals surface area contributed by atoms with Gasteiger partial charge in [-0.2, -0.15) is 0 Å². The van der Waals surface area contributed by atoms with Crippen molar-refractivity contribution in [2.75, 3.05) is 26.2 Å². The Kier molecular flexibility index (Phi) is 6.88. The number of likely N-dealkylation sites (tertiary alicyclic amines) is 1. The number of piperidine rings is 1. The summed E-state index contributed by atoms with van der Waals surface area (Å²) in [6, 6.07) is 10.9. The zero-order valence-electron chi connectivity index (χ0n) is 17.6. The zero-order valence-corrected chi connectivity index (χ0v) is 18.3. The minimum Gasteiger partial charge on any atom is -0.375 e. The second kappa shape index (κ2) is 9.79. The van der Waals surface area contributed by atoms with Crippen molar-refractivity contribution in [3.8, 4) is 0 Å². The number of benzene rings is 1. The molecule has 3 heterocycles. The molecule has 31 heavy (non-hydrogen) atoms. The number of ether oxygens (including phenoxy) is 1. The topological polar surface area (TPSA) is 71.5 Å². The van der Waals surface area contributed by atoms with Crippen molar-refractivity contribution in [3.63, 3.8) is 0 Å². The number of rotatable bonds is 5. The molecular formula is C24H28ClN3O3. The maximum Gasteiger partial charge on any atom is 0.251 e. The van der Waals surface area contributed by atoms with E-state index in [1.165, 1.54) is 0 Å². The van der Waals surface area contributed by atoms with Crippen LogP contribution >= 0.6 is 11.6 Å². The average Bonchev–Trinajstić information content (AvgIpc) is 2.80. The molecule has 1 atom stereocenters. The van der Waals surface area contributed by atoms with Gasteiger partial charge in [-0.1, -0.05) is 29.8 Å². The van der Waals surface area contributed by atoms with E-state index in [0.29, 0.717) is 49.2 Å². The van der Waals surface area contributed by atoms with Crippen molar-refractivity contribution in [1.29, 1.82) is 0 Å². The number of halogens is 1. The van der Waals surface area contributed by atoms with E-state index in [2.05, 4.69) is 10.3 Å². The van der Waals surface area contributed by atoms with Crippen LogP contribution in [0, 0.1) is 5.92 Å². The number of amides is 2. The van der Waals surface area contributed by atoms with Gasteiger partial charge in [-0.05, 0) is 55.4 Å². The summed E-state index contributed by atoms with van der Waals surface area (Å²) in [5, 5.41) is 3.69. The Morgan fingerprint density at radius 1 is 1.16 bits per heavy atom. The van der Waals surface area contributed by atoms with Gasteiger partial charge in [0.05, 0.1) is 12.0 Å². The van der Waals surface area contributed by atoms with E-state index in [1.807, 2.05) is 29.2 Å². The highest BCUT2D eigenvalue weighted by molar-refractivity contribution is 6.31. The lowest BCUT2D eigenvalue weighted by Crippen LogP contribution is -2.52. The quantitative estimate of drug-likeness (QED) is 0.770. The molecule has 2 aromatic rings. The highest BCUT2D eigenvalue weighted by Crippen LogP contribution is 2.37. The molecule has 0 radical (unpaired) electrons. The fraction of sp³-hybridized carbons (Fsp3) is 0.458. The predicted molar refractivity (Wildman–Crippen MR) is 119 cm³/mol. The molecule has 6 nitrogen and oxygen atoms in total. The molecule has 2 aliphatic heterocycles. The van der Waals surface area contributed by atoms with Gasteiger partial charge < -0.3 is 15.0 Å². The van der Waals surface area contributed by atoms with Crippen LogP contribution in [-0.2, 0) is 16.0 Å². The largest absolute Gasteiger partial charge is 0.375 e. The number of pyridine rings is 1. The third-order valence-corrected chi connectivity index (χ3v) is 6.78. The number of hydrogen-bond donors (Lipinski definition) is 1. The number of carbonyl (C=O) groups excluding carboxylic acids is 2. The summed E-state index contributed by atoms with van der Waals surface area (Å²) < 4.78 is 6.21. The molecule has 0 aliphatic carbocycles. The van der Waals surface area contributed by atoms with Crippen LogP contribution in [-0.4, -0.2) is 53.5 Å². The molecule has 2 saturated heterocycles. The Bertz CT molecular complexity index is 913. The standard InChI is InChI=1S/C24H28ClN3O3/c25-21-4-2-1-3-20(21)15-22(29)28-12-8-24(9-13-28)16-18(7-14-31-24)17-27-23(30)19-5-10-26-11-6-19/h1-6,10-11,18H,7-9,12-17H2,(H,27,30). The summed E-state index contributed by atoms with van der Waals surface area (Å²) >= 11 is 6.21. The van der Waals surface area contributed by atoms with Gasteiger partial charge in [0.1, 0.15) is 0 Å². The fourth-order valence-corrected chi connectivity index (χ4v) is 4.78. The van der Waals surface area contributed by atoms with Crippen LogP contribution in [0.2, 0.25) is 5.02 Å². The maximum atomic E-state index is 12.7. The van der Waals surface area contributed by atoms with Crippen molar-refractivity contribution in [2.45, 2.75) is 37.7 Å². The van der Waals surface area contributed by atoms with Crippen molar-refractivity contribution in [2.24, 2.45) is 5.92 Å². The summed E-state index contributed by atoms with van der Waals surface area (Å²) in [5.41, 5.74) is 1.31. The molecule has 1 unspecified atom stereocenters. The summed E-state index contributed by atoms with van der Waals surface area (Å²) in [6.45, 7) is 2.73. The first kappa shape index (κ1) is 21.8. The molecule has 1 aromatic carbocycles. The second-order valence-electron chi connectivity index (χ2n) is 8.49. The van der Waals surface area contributed by atoms with E-state index in [1.54, 1.807) is 24.5 Å². The second-order valence-corrected chi connectivity index (χ2v) is 8.89. The van der Waals surface area contributed by atoms with Crippen LogP contribution in [0.15, 0.2) is 48.8 Å². The first-order chi connectivity index (χ1) is 15.0. The highest BCUT2D eigenvalue weighted by Gasteiger charge is 2.41. The molecule has 0 saturated carbocycles. The minimum absolute atomic E-state index is 0.0667. The monoisotopic (exact) mass is 441 g/mol. The lowest BCUT2D eigenvalue weighted by atomic mass is 9.79. The molecule has 2 amide bonds. The van der Waals surface area contributed by atoms with Crippen LogP contribution in [0.1, 0.15) is 41.6 Å². The van der Waals surface area contributed by atoms with Crippen molar-refractivity contribution in [1.82, 2.24) is 15.2 Å². The normalized spacial score (nSPS) is 20.4. The Hall–Kier alpha value is -2.44.